The van der Waals surface area contributed by atoms with E-state index in [1.807, 2.05) is 17.5 Å². The average molecular weight is 352 g/mol. The van der Waals surface area contributed by atoms with E-state index >= 15 is 0 Å². The largest absolute Gasteiger partial charge is 0.391 e. The number of aromatic nitrogens is 3. The van der Waals surface area contributed by atoms with E-state index in [1.165, 1.54) is 4.90 Å². The van der Waals surface area contributed by atoms with Gasteiger partial charge in [0.05, 0.1) is 38.5 Å². The van der Waals surface area contributed by atoms with E-state index in [1.54, 1.807) is 0 Å². The molecule has 0 bridgehead atoms. The molecule has 1 aliphatic heterocycles. The molecule has 2 aromatic heterocycles. The van der Waals surface area contributed by atoms with Gasteiger partial charge in [-0.05, 0) is 19.4 Å². The number of piperazine rings is 1. The molecule has 0 spiro atoms. The number of rotatable bonds is 4. The van der Waals surface area contributed by atoms with Crippen molar-refractivity contribution in [2.45, 2.75) is 13.8 Å². The highest BCUT2D eigenvalue weighted by molar-refractivity contribution is 5.81. The Balaban J connectivity index is 1.75. The van der Waals surface area contributed by atoms with Crippen molar-refractivity contribution in [1.82, 2.24) is 14.6 Å². The van der Waals surface area contributed by atoms with Crippen LogP contribution in [0, 0.1) is 13.8 Å². The number of quaternary nitrogens is 1. The Labute approximate surface area is 153 Å². The summed E-state index contributed by atoms with van der Waals surface area (Å²) in [6.07, 6.45) is 0. The maximum absolute atomic E-state index is 9.16. The van der Waals surface area contributed by atoms with Gasteiger partial charge in [-0.15, -0.1) is 0 Å². The average Bonchev–Trinajstić information content (AvgIpc) is 2.98. The van der Waals surface area contributed by atoms with Gasteiger partial charge in [0.25, 0.3) is 0 Å². The van der Waals surface area contributed by atoms with Crippen LogP contribution in [0.25, 0.3) is 16.8 Å². The van der Waals surface area contributed by atoms with E-state index in [9.17, 15) is 0 Å². The Morgan fingerprint density at radius 1 is 1.12 bits per heavy atom. The molecular weight excluding hydrogens is 326 g/mol. The minimum Gasteiger partial charge on any atom is -0.391 e. The van der Waals surface area contributed by atoms with Crippen molar-refractivity contribution in [3.8, 4) is 11.1 Å². The highest BCUT2D eigenvalue weighted by Gasteiger charge is 2.24. The summed E-state index contributed by atoms with van der Waals surface area (Å²) in [5.74, 6) is 1.11. The zero-order chi connectivity index (χ0) is 18.1. The summed E-state index contributed by atoms with van der Waals surface area (Å²) in [7, 11) is 0. The number of aliphatic hydroxyl groups excluding tert-OH is 1. The molecule has 3 heterocycles. The maximum atomic E-state index is 9.16. The summed E-state index contributed by atoms with van der Waals surface area (Å²) in [6.45, 7) is 9.20. The second-order valence-electron chi connectivity index (χ2n) is 7.03. The van der Waals surface area contributed by atoms with Gasteiger partial charge in [0.2, 0.25) is 0 Å². The quantitative estimate of drug-likeness (QED) is 0.726. The predicted molar refractivity (Wildman–Crippen MR) is 103 cm³/mol. The van der Waals surface area contributed by atoms with Crippen molar-refractivity contribution in [3.05, 3.63) is 47.8 Å². The van der Waals surface area contributed by atoms with E-state index in [4.69, 9.17) is 15.2 Å². The number of fused-ring (bicyclic) bond motifs is 1. The molecule has 0 aliphatic carbocycles. The Morgan fingerprint density at radius 3 is 2.54 bits per heavy atom. The first kappa shape index (κ1) is 17.0. The molecule has 26 heavy (non-hydrogen) atoms. The maximum Gasteiger partial charge on any atom is 0.165 e. The van der Waals surface area contributed by atoms with Gasteiger partial charge in [-0.1, -0.05) is 30.3 Å². The van der Waals surface area contributed by atoms with Gasteiger partial charge in [0.15, 0.2) is 5.65 Å². The summed E-state index contributed by atoms with van der Waals surface area (Å²) in [4.78, 5) is 8.67. The summed E-state index contributed by atoms with van der Waals surface area (Å²) in [5.41, 5.74) is 5.20. The molecule has 0 atom stereocenters. The smallest absolute Gasteiger partial charge is 0.165 e. The van der Waals surface area contributed by atoms with Crippen LogP contribution in [0.2, 0.25) is 0 Å². The first-order chi connectivity index (χ1) is 12.7. The fourth-order valence-electron chi connectivity index (χ4n) is 3.85. The molecule has 0 amide bonds. The number of aliphatic hydroxyl groups is 1. The number of anilines is 1. The molecule has 4 rings (SSSR count). The SMILES string of the molecule is Cc1cc(N2CC[NH+](CCO)CC2)n2nc(C)c(-c3ccccc3)c2n1. The minimum atomic E-state index is 0.257. The monoisotopic (exact) mass is 352 g/mol. The zero-order valence-corrected chi connectivity index (χ0v) is 15.4. The number of nitrogens with one attached hydrogen (secondary N) is 1. The zero-order valence-electron chi connectivity index (χ0n) is 15.4. The van der Waals surface area contributed by atoms with Gasteiger partial charge in [-0.3, -0.25) is 0 Å². The van der Waals surface area contributed by atoms with Crippen LogP contribution in [-0.2, 0) is 0 Å². The van der Waals surface area contributed by atoms with Gasteiger partial charge in [-0.25, -0.2) is 4.98 Å². The van der Waals surface area contributed by atoms with Crippen molar-refractivity contribution < 1.29 is 10.0 Å². The van der Waals surface area contributed by atoms with E-state index in [0.717, 1.165) is 66.7 Å². The number of aryl methyl sites for hydroxylation is 2. The molecule has 6 heteroatoms. The standard InChI is InChI=1S/C20H25N5O/c1-15-14-18(24-10-8-23(9-11-24)12-13-26)25-20(21-15)19(16(2)22-25)17-6-4-3-5-7-17/h3-7,14,26H,8-13H2,1-2H3/p+1. The van der Waals surface area contributed by atoms with Crippen LogP contribution in [-0.4, -0.2) is 59.0 Å². The predicted octanol–water partition coefficient (Wildman–Crippen LogP) is 0.710. The Morgan fingerprint density at radius 2 is 1.85 bits per heavy atom. The fourth-order valence-corrected chi connectivity index (χ4v) is 3.85. The number of hydrogen-bond acceptors (Lipinski definition) is 4. The Kier molecular flexibility index (Phi) is 4.61. The summed E-state index contributed by atoms with van der Waals surface area (Å²) < 4.78 is 2.00. The van der Waals surface area contributed by atoms with Gasteiger partial charge in [0.1, 0.15) is 12.4 Å². The lowest BCUT2D eigenvalue weighted by atomic mass is 10.1. The van der Waals surface area contributed by atoms with E-state index in [2.05, 4.69) is 42.2 Å². The van der Waals surface area contributed by atoms with E-state index in [0.29, 0.717) is 0 Å². The molecule has 0 unspecified atom stereocenters. The molecular formula is C20H26N5O+. The molecule has 3 aromatic rings. The summed E-state index contributed by atoms with van der Waals surface area (Å²) in [5, 5.41) is 14.0. The van der Waals surface area contributed by atoms with Crippen molar-refractivity contribution in [3.63, 3.8) is 0 Å². The second-order valence-corrected chi connectivity index (χ2v) is 7.03. The van der Waals surface area contributed by atoms with Crippen LogP contribution in [0.4, 0.5) is 5.82 Å². The molecule has 136 valence electrons. The Bertz CT molecular complexity index is 897. The normalized spacial score (nSPS) is 15.7. The highest BCUT2D eigenvalue weighted by atomic mass is 16.3. The third kappa shape index (κ3) is 3.06. The molecule has 6 nitrogen and oxygen atoms in total. The fraction of sp³-hybridized carbons (Fsp3) is 0.400. The topological polar surface area (TPSA) is 58.1 Å². The lowest BCUT2D eigenvalue weighted by Gasteiger charge is -2.33. The van der Waals surface area contributed by atoms with Crippen LogP contribution in [0.15, 0.2) is 36.4 Å². The molecule has 1 aromatic carbocycles. The number of nitrogens with zero attached hydrogens (tertiary/aromatic N) is 4. The van der Waals surface area contributed by atoms with Gasteiger partial charge in [0, 0.05) is 17.3 Å². The first-order valence-electron chi connectivity index (χ1n) is 9.29. The molecule has 0 radical (unpaired) electrons. The van der Waals surface area contributed by atoms with Crippen molar-refractivity contribution >= 4 is 11.5 Å². The lowest BCUT2D eigenvalue weighted by molar-refractivity contribution is -0.900. The molecule has 2 N–H and O–H groups in total. The second kappa shape index (κ2) is 7.05. The molecule has 1 fully saturated rings. The van der Waals surface area contributed by atoms with E-state index in [-0.39, 0.29) is 6.61 Å². The van der Waals surface area contributed by atoms with Gasteiger partial charge >= 0.3 is 0 Å². The van der Waals surface area contributed by atoms with Crippen molar-refractivity contribution in [2.24, 2.45) is 0 Å². The number of benzene rings is 1. The van der Waals surface area contributed by atoms with Crippen LogP contribution in [0.1, 0.15) is 11.4 Å². The minimum absolute atomic E-state index is 0.257. The van der Waals surface area contributed by atoms with Crippen LogP contribution in [0.3, 0.4) is 0 Å². The molecule has 1 aliphatic rings. The van der Waals surface area contributed by atoms with Crippen LogP contribution in [0.5, 0.6) is 0 Å². The van der Waals surface area contributed by atoms with Crippen molar-refractivity contribution in [2.75, 3.05) is 44.2 Å². The first-order valence-corrected chi connectivity index (χ1v) is 9.29. The Hall–Kier alpha value is -2.44. The van der Waals surface area contributed by atoms with Crippen LogP contribution >= 0.6 is 0 Å². The summed E-state index contributed by atoms with van der Waals surface area (Å²) >= 11 is 0. The van der Waals surface area contributed by atoms with E-state index < -0.39 is 0 Å². The molecule has 1 saturated heterocycles. The molecule has 0 saturated carbocycles. The van der Waals surface area contributed by atoms with Gasteiger partial charge < -0.3 is 14.9 Å². The summed E-state index contributed by atoms with van der Waals surface area (Å²) in [6, 6.07) is 12.5. The highest BCUT2D eigenvalue weighted by Crippen LogP contribution is 2.30. The van der Waals surface area contributed by atoms with Crippen molar-refractivity contribution in [1.29, 1.82) is 0 Å². The number of hydrogen-bond donors (Lipinski definition) is 2. The lowest BCUT2D eigenvalue weighted by Crippen LogP contribution is -3.15. The van der Waals surface area contributed by atoms with Crippen LogP contribution < -0.4 is 9.80 Å². The third-order valence-electron chi connectivity index (χ3n) is 5.20. The van der Waals surface area contributed by atoms with Gasteiger partial charge in [-0.2, -0.15) is 9.61 Å². The third-order valence-corrected chi connectivity index (χ3v) is 5.20.